The van der Waals surface area contributed by atoms with Crippen LogP contribution in [0.5, 0.6) is 0 Å². The van der Waals surface area contributed by atoms with Gasteiger partial charge in [0.1, 0.15) is 0 Å². The van der Waals surface area contributed by atoms with Gasteiger partial charge in [-0.05, 0) is 12.8 Å². The fraction of sp³-hybridized carbons (Fsp3) is 1.00. The molecule has 0 amide bonds. The standard InChI is InChI=1S/C7H14N2O6/c1-4-6(2)5-7(3,14-8(10)11)15-9(12)13/h6H,4-5H2,1-3H3. The molecule has 0 aromatic heterocycles. The van der Waals surface area contributed by atoms with E-state index in [-0.39, 0.29) is 12.3 Å². The van der Waals surface area contributed by atoms with Crippen LogP contribution >= 0.6 is 0 Å². The summed E-state index contributed by atoms with van der Waals surface area (Å²) in [6.07, 6.45) is 0.795. The number of rotatable bonds is 7. The molecule has 0 saturated carbocycles. The Bertz CT molecular complexity index is 228. The fourth-order valence-corrected chi connectivity index (χ4v) is 1.18. The van der Waals surface area contributed by atoms with Crippen LogP contribution in [-0.2, 0) is 9.68 Å². The zero-order chi connectivity index (χ0) is 12.1. The van der Waals surface area contributed by atoms with Crippen molar-refractivity contribution in [3.8, 4) is 0 Å². The van der Waals surface area contributed by atoms with Gasteiger partial charge < -0.3 is 0 Å². The molecule has 8 nitrogen and oxygen atoms in total. The Morgan fingerprint density at radius 1 is 1.27 bits per heavy atom. The lowest BCUT2D eigenvalue weighted by Gasteiger charge is -2.26. The first-order chi connectivity index (χ1) is 6.79. The van der Waals surface area contributed by atoms with Crippen molar-refractivity contribution in [1.29, 1.82) is 0 Å². The highest BCUT2D eigenvalue weighted by molar-refractivity contribution is 4.64. The van der Waals surface area contributed by atoms with Crippen LogP contribution in [0.4, 0.5) is 0 Å². The topological polar surface area (TPSA) is 105 Å². The molecule has 0 rings (SSSR count). The third-order valence-corrected chi connectivity index (χ3v) is 1.95. The van der Waals surface area contributed by atoms with Gasteiger partial charge in [0.15, 0.2) is 0 Å². The molecule has 0 bridgehead atoms. The number of nitrogens with zero attached hydrogens (tertiary/aromatic N) is 2. The maximum atomic E-state index is 10.1. The number of hydrogen-bond donors (Lipinski definition) is 0. The number of hydrogen-bond acceptors (Lipinski definition) is 6. The van der Waals surface area contributed by atoms with Gasteiger partial charge in [-0.2, -0.15) is 0 Å². The van der Waals surface area contributed by atoms with Crippen molar-refractivity contribution in [2.45, 2.75) is 39.4 Å². The van der Waals surface area contributed by atoms with Gasteiger partial charge in [-0.25, -0.2) is 0 Å². The van der Waals surface area contributed by atoms with Crippen LogP contribution in [0.3, 0.4) is 0 Å². The van der Waals surface area contributed by atoms with E-state index in [1.165, 1.54) is 6.92 Å². The van der Waals surface area contributed by atoms with E-state index in [4.69, 9.17) is 0 Å². The molecule has 1 unspecified atom stereocenters. The van der Waals surface area contributed by atoms with Crippen molar-refractivity contribution in [2.24, 2.45) is 5.92 Å². The molecule has 0 saturated heterocycles. The van der Waals surface area contributed by atoms with Crippen LogP contribution in [0.2, 0.25) is 0 Å². The molecule has 0 aromatic rings. The minimum Gasteiger partial charge on any atom is -0.280 e. The van der Waals surface area contributed by atoms with E-state index in [2.05, 4.69) is 9.68 Å². The van der Waals surface area contributed by atoms with Gasteiger partial charge in [0.05, 0.1) is 0 Å². The average molecular weight is 222 g/mol. The van der Waals surface area contributed by atoms with Gasteiger partial charge in [0.2, 0.25) is 0 Å². The highest BCUT2D eigenvalue weighted by atomic mass is 17.1. The minimum atomic E-state index is -1.83. The summed E-state index contributed by atoms with van der Waals surface area (Å²) in [6, 6.07) is 0. The fourth-order valence-electron chi connectivity index (χ4n) is 1.18. The summed E-state index contributed by atoms with van der Waals surface area (Å²) in [7, 11) is 0. The van der Waals surface area contributed by atoms with Crippen molar-refractivity contribution >= 4 is 0 Å². The smallest absolute Gasteiger partial charge is 0.280 e. The summed E-state index contributed by atoms with van der Waals surface area (Å²) >= 11 is 0. The molecule has 0 radical (unpaired) electrons. The molecule has 0 aliphatic carbocycles. The summed E-state index contributed by atoms with van der Waals surface area (Å²) in [6.45, 7) is 4.83. The van der Waals surface area contributed by atoms with Crippen LogP contribution in [0.1, 0.15) is 33.6 Å². The van der Waals surface area contributed by atoms with E-state index in [1.807, 2.05) is 6.92 Å². The SMILES string of the molecule is CCC(C)CC(C)(O[N+](=O)[O-])O[N+](=O)[O-]. The Kier molecular flexibility index (Phi) is 4.75. The molecule has 88 valence electrons. The minimum absolute atomic E-state index is 0.0231. The molecule has 0 fully saturated rings. The van der Waals surface area contributed by atoms with Crippen LogP contribution in [-0.4, -0.2) is 16.0 Å². The quantitative estimate of drug-likeness (QED) is 0.367. The lowest BCUT2D eigenvalue weighted by molar-refractivity contribution is -0.871. The zero-order valence-corrected chi connectivity index (χ0v) is 8.84. The molecule has 0 N–H and O–H groups in total. The Labute approximate surface area is 86.4 Å². The second-order valence-electron chi connectivity index (χ2n) is 3.48. The van der Waals surface area contributed by atoms with E-state index in [9.17, 15) is 20.2 Å². The maximum absolute atomic E-state index is 10.1. The summed E-state index contributed by atoms with van der Waals surface area (Å²) in [5.74, 6) is -1.81. The molecule has 0 aromatic carbocycles. The molecule has 15 heavy (non-hydrogen) atoms. The Balaban J connectivity index is 4.53. The van der Waals surface area contributed by atoms with Crippen LogP contribution < -0.4 is 0 Å². The lowest BCUT2D eigenvalue weighted by Crippen LogP contribution is -2.38. The lowest BCUT2D eigenvalue weighted by atomic mass is 10.00. The zero-order valence-electron chi connectivity index (χ0n) is 8.84. The van der Waals surface area contributed by atoms with Crippen molar-refractivity contribution < 1.29 is 19.8 Å². The summed E-state index contributed by atoms with van der Waals surface area (Å²) in [4.78, 5) is 28.7. The first-order valence-electron chi connectivity index (χ1n) is 4.46. The summed E-state index contributed by atoms with van der Waals surface area (Å²) < 4.78 is 0. The van der Waals surface area contributed by atoms with Crippen molar-refractivity contribution in [1.82, 2.24) is 0 Å². The van der Waals surface area contributed by atoms with E-state index in [1.54, 1.807) is 6.92 Å². The molecule has 0 heterocycles. The van der Waals surface area contributed by atoms with E-state index in [0.29, 0.717) is 0 Å². The predicted octanol–water partition coefficient (Wildman–Crippen LogP) is 1.56. The normalized spacial score (nSPS) is 13.0. The van der Waals surface area contributed by atoms with Gasteiger partial charge in [0, 0.05) is 6.42 Å². The first kappa shape index (κ1) is 13.4. The first-order valence-corrected chi connectivity index (χ1v) is 4.46. The average Bonchev–Trinajstić information content (AvgIpc) is 1.99. The maximum Gasteiger partial charge on any atom is 0.297 e. The molecule has 1 atom stereocenters. The van der Waals surface area contributed by atoms with Gasteiger partial charge in [-0.15, -0.1) is 20.2 Å². The van der Waals surface area contributed by atoms with Crippen molar-refractivity contribution in [2.75, 3.05) is 0 Å². The van der Waals surface area contributed by atoms with Gasteiger partial charge in [-0.1, -0.05) is 20.3 Å². The third kappa shape index (κ3) is 5.66. The highest BCUT2D eigenvalue weighted by Crippen LogP contribution is 2.24. The molecule has 0 spiro atoms. The van der Waals surface area contributed by atoms with E-state index >= 15 is 0 Å². The molecule has 0 aliphatic heterocycles. The van der Waals surface area contributed by atoms with Gasteiger partial charge >= 0.3 is 0 Å². The Morgan fingerprint density at radius 2 is 1.67 bits per heavy atom. The summed E-state index contributed by atoms with van der Waals surface area (Å²) in [5, 5.41) is 18.1. The van der Waals surface area contributed by atoms with Gasteiger partial charge in [-0.3, -0.25) is 9.68 Å². The molecular formula is C7H14N2O6. The highest BCUT2D eigenvalue weighted by Gasteiger charge is 2.34. The molecule has 8 heteroatoms. The van der Waals surface area contributed by atoms with E-state index < -0.39 is 16.0 Å². The van der Waals surface area contributed by atoms with Crippen molar-refractivity contribution in [3.63, 3.8) is 0 Å². The molecule has 0 aliphatic rings. The van der Waals surface area contributed by atoms with E-state index in [0.717, 1.165) is 6.42 Å². The van der Waals surface area contributed by atoms with Crippen LogP contribution in [0.15, 0.2) is 0 Å². The summed E-state index contributed by atoms with van der Waals surface area (Å²) in [5.41, 5.74) is 0. The molecular weight excluding hydrogens is 208 g/mol. The third-order valence-electron chi connectivity index (χ3n) is 1.95. The van der Waals surface area contributed by atoms with Crippen LogP contribution in [0.25, 0.3) is 0 Å². The Morgan fingerprint density at radius 3 is 1.93 bits per heavy atom. The van der Waals surface area contributed by atoms with Crippen molar-refractivity contribution in [3.05, 3.63) is 20.2 Å². The van der Waals surface area contributed by atoms with Gasteiger partial charge in [0.25, 0.3) is 16.0 Å². The predicted molar refractivity (Wildman–Crippen MR) is 48.6 cm³/mol. The largest absolute Gasteiger partial charge is 0.297 e. The monoisotopic (exact) mass is 222 g/mol. The second-order valence-corrected chi connectivity index (χ2v) is 3.48. The Hall–Kier alpha value is -1.60. The second kappa shape index (κ2) is 5.32. The van der Waals surface area contributed by atoms with Crippen LogP contribution in [0, 0.1) is 26.1 Å².